The van der Waals surface area contributed by atoms with E-state index in [4.69, 9.17) is 73.6 Å². The van der Waals surface area contributed by atoms with E-state index in [1.54, 1.807) is 20.8 Å². The number of carbonyl (C=O) groups excluding carboxylic acids is 4. The van der Waals surface area contributed by atoms with Crippen molar-refractivity contribution >= 4 is 64.3 Å². The van der Waals surface area contributed by atoms with Gasteiger partial charge in [0.15, 0.2) is 0 Å². The van der Waals surface area contributed by atoms with E-state index in [1.165, 1.54) is 0 Å². The lowest BCUT2D eigenvalue weighted by Crippen LogP contribution is -2.47. The second-order valence-corrected chi connectivity index (χ2v) is 37.7. The zero-order valence-electron chi connectivity index (χ0n) is 57.4. The molecule has 0 aromatic heterocycles. The van der Waals surface area contributed by atoms with Crippen LogP contribution >= 0.6 is 0 Å². The SMILES string of the molecule is CCC(C)(C)C(=O)OC(C)OC1C2CC3C(O2)C1OS3(=O)=O.CCC(C)(C)C(=O)OC(OC1C2CC3C(O2)C1OS3(=O)=O)C(C)(C)C.CCC(C)(C)C(=O)OC(OC1C2CC3C(O2)C1OS3(=O)=O)C(C)C.CCC(OC(=O)C(C)(C)CC)OC1C2CC3C(O2)C1OS3(=O)=O. The van der Waals surface area contributed by atoms with E-state index in [1.807, 2.05) is 111 Å². The van der Waals surface area contributed by atoms with Crippen LogP contribution in [0.15, 0.2) is 0 Å². The van der Waals surface area contributed by atoms with Crippen LogP contribution in [0, 0.1) is 33.0 Å². The fraction of sp³-hybridized carbons (Fsp3) is 0.935. The number of ether oxygens (including phenoxy) is 12. The van der Waals surface area contributed by atoms with E-state index in [9.17, 15) is 52.8 Å². The molecule has 12 aliphatic rings. The molecule has 0 aromatic rings. The lowest BCUT2D eigenvalue weighted by Gasteiger charge is -2.36. The summed E-state index contributed by atoms with van der Waals surface area (Å²) in [5.41, 5.74) is -2.85. The van der Waals surface area contributed by atoms with Gasteiger partial charge in [-0.05, 0) is 114 Å². The number of hydrogen-bond donors (Lipinski definition) is 0. The van der Waals surface area contributed by atoms with Crippen LogP contribution in [-0.4, -0.2) is 201 Å². The molecule has 540 valence electrons. The summed E-state index contributed by atoms with van der Waals surface area (Å²) in [6, 6.07) is 0. The molecule has 0 saturated carbocycles. The summed E-state index contributed by atoms with van der Waals surface area (Å²) in [5.74, 6) is -1.41. The first-order valence-corrected chi connectivity index (χ1v) is 38.9. The Morgan fingerprint density at radius 3 is 0.979 bits per heavy atom. The average Bonchev–Trinajstić information content (AvgIpc) is 1.59. The lowest BCUT2D eigenvalue weighted by atomic mass is 9.89. The minimum atomic E-state index is -3.60. The highest BCUT2D eigenvalue weighted by atomic mass is 32.2. The molecule has 12 heterocycles. The maximum absolute atomic E-state index is 12.5. The van der Waals surface area contributed by atoms with Crippen molar-refractivity contribution in [3.63, 3.8) is 0 Å². The third-order valence-electron chi connectivity index (χ3n) is 20.7. The van der Waals surface area contributed by atoms with Crippen molar-refractivity contribution in [2.75, 3.05) is 0 Å². The summed E-state index contributed by atoms with van der Waals surface area (Å²) < 4.78 is 184. The molecule has 24 unspecified atom stereocenters. The van der Waals surface area contributed by atoms with E-state index in [2.05, 4.69) is 0 Å². The van der Waals surface area contributed by atoms with Crippen LogP contribution in [0.5, 0.6) is 0 Å². The fourth-order valence-electron chi connectivity index (χ4n) is 12.9. The zero-order valence-corrected chi connectivity index (χ0v) is 60.6. The Balaban J connectivity index is 0.000000148. The smallest absolute Gasteiger partial charge is 0.313 e. The van der Waals surface area contributed by atoms with Gasteiger partial charge < -0.3 is 56.8 Å². The number of rotatable bonds is 22. The Morgan fingerprint density at radius 2 is 0.670 bits per heavy atom. The van der Waals surface area contributed by atoms with Crippen LogP contribution in [0.2, 0.25) is 0 Å². The van der Waals surface area contributed by atoms with E-state index < -0.39 is 187 Å². The number of hydrogen-bond acceptors (Lipinski definition) is 28. The molecule has 12 aliphatic heterocycles. The van der Waals surface area contributed by atoms with Crippen molar-refractivity contribution in [3.8, 4) is 0 Å². The van der Waals surface area contributed by atoms with Crippen molar-refractivity contribution in [1.29, 1.82) is 0 Å². The number of carbonyl (C=O) groups is 4. The Bertz CT molecular complexity index is 3270. The zero-order chi connectivity index (χ0) is 69.9. The molecule has 94 heavy (non-hydrogen) atoms. The normalized spacial score (nSPS) is 38.4. The maximum Gasteiger partial charge on any atom is 0.313 e. The van der Waals surface area contributed by atoms with Crippen molar-refractivity contribution in [2.24, 2.45) is 33.0 Å². The van der Waals surface area contributed by atoms with Crippen molar-refractivity contribution in [1.82, 2.24) is 0 Å². The molecule has 0 aliphatic carbocycles. The van der Waals surface area contributed by atoms with Gasteiger partial charge in [-0.1, -0.05) is 69.2 Å². The summed E-state index contributed by atoms with van der Waals surface area (Å²) in [7, 11) is -14.3. The number of esters is 4. The minimum Gasteiger partial charge on any atom is -0.436 e. The Kier molecular flexibility index (Phi) is 21.6. The third-order valence-corrected chi connectivity index (χ3v) is 27.5. The van der Waals surface area contributed by atoms with Crippen LogP contribution in [-0.2, 0) is 133 Å². The van der Waals surface area contributed by atoms with E-state index in [-0.39, 0.29) is 54.2 Å². The van der Waals surface area contributed by atoms with Gasteiger partial charge in [0.05, 0.1) is 46.1 Å². The Labute approximate surface area is 554 Å². The number of fused-ring (bicyclic) bond motifs is 4. The Hall–Kier alpha value is -2.80. The summed E-state index contributed by atoms with van der Waals surface area (Å²) >= 11 is 0. The van der Waals surface area contributed by atoms with Gasteiger partial charge in [-0.3, -0.25) is 35.9 Å². The molecule has 0 spiro atoms. The van der Waals surface area contributed by atoms with Gasteiger partial charge in [0.25, 0.3) is 40.5 Å². The van der Waals surface area contributed by atoms with Gasteiger partial charge in [-0.25, -0.2) is 0 Å². The van der Waals surface area contributed by atoms with Gasteiger partial charge in [0.1, 0.15) is 94.2 Å². The molecular formula is C62H100O28S4. The topological polar surface area (TPSA) is 353 Å². The second kappa shape index (κ2) is 26.9. The summed E-state index contributed by atoms with van der Waals surface area (Å²) in [5, 5.41) is -2.36. The molecule has 12 saturated heterocycles. The highest BCUT2D eigenvalue weighted by molar-refractivity contribution is 7.88. The molecule has 0 amide bonds. The van der Waals surface area contributed by atoms with Gasteiger partial charge in [-0.2, -0.15) is 33.7 Å². The molecule has 28 nitrogen and oxygen atoms in total. The maximum atomic E-state index is 12.5. The first-order valence-electron chi connectivity index (χ1n) is 33.0. The monoisotopic (exact) mass is 1420 g/mol. The van der Waals surface area contributed by atoms with Crippen LogP contribution in [0.4, 0.5) is 0 Å². The second-order valence-electron chi connectivity index (χ2n) is 30.6. The summed E-state index contributed by atoms with van der Waals surface area (Å²) in [6.45, 7) is 35.2. The predicted molar refractivity (Wildman–Crippen MR) is 329 cm³/mol. The third kappa shape index (κ3) is 14.7. The predicted octanol–water partition coefficient (Wildman–Crippen LogP) is 5.91. The van der Waals surface area contributed by atoms with Gasteiger partial charge in [-0.15, -0.1) is 0 Å². The highest BCUT2D eigenvalue weighted by Crippen LogP contribution is 2.52. The van der Waals surface area contributed by atoms with Crippen LogP contribution in [0.25, 0.3) is 0 Å². The van der Waals surface area contributed by atoms with Crippen molar-refractivity contribution in [3.05, 3.63) is 0 Å². The average molecular weight is 1420 g/mol. The molecule has 12 fully saturated rings. The van der Waals surface area contributed by atoms with Crippen molar-refractivity contribution in [2.45, 2.75) is 333 Å². The summed E-state index contributed by atoms with van der Waals surface area (Å²) in [6.07, 6.45) is -6.42. The molecule has 0 aromatic carbocycles. The standard InChI is InChI=1S/C17H28O7S.C16H26O7S.C15H24O7S.C14H22O7S/c1-7-17(5,6)14(18)23-15(16(2,3)4)22-11-9-8-10-12(21-9)13(11)24-25(10,19)20;1-6-16(4,5)15(17)22-14(8(2)3)21-11-9-7-10-12(20-9)13(11)23-24(10,18)19;1-5-10(21-14(16)15(3,4)6-2)20-11-8-7-9-12(19-8)13(11)22-23(9,17)18;1-5-14(3,4)13(15)19-7(2)18-10-8-6-9-11(20-8)12(10)21-22(9,16)17/h9-13,15H,7-8H2,1-6H3;8-14H,6-7H2,1-5H3;8-13H,5-7H2,1-4H3;7-12H,5-6H2,1-4H3. The van der Waals surface area contributed by atoms with Crippen LogP contribution < -0.4 is 0 Å². The molecule has 8 bridgehead atoms. The molecule has 12 rings (SSSR count). The molecule has 0 radical (unpaired) electrons. The molecule has 0 N–H and O–H groups in total. The minimum absolute atomic E-state index is 0.0745. The van der Waals surface area contributed by atoms with Crippen LogP contribution in [0.3, 0.4) is 0 Å². The van der Waals surface area contributed by atoms with Crippen LogP contribution in [0.1, 0.15) is 189 Å². The Morgan fingerprint density at radius 1 is 0.383 bits per heavy atom. The first-order chi connectivity index (χ1) is 43.3. The quantitative estimate of drug-likeness (QED) is 0.0526. The molecular weight excluding hydrogens is 1320 g/mol. The van der Waals surface area contributed by atoms with E-state index in [0.29, 0.717) is 57.8 Å². The van der Waals surface area contributed by atoms with E-state index in [0.717, 1.165) is 0 Å². The van der Waals surface area contributed by atoms with Gasteiger partial charge in [0.2, 0.25) is 25.2 Å². The van der Waals surface area contributed by atoms with E-state index >= 15 is 0 Å². The van der Waals surface area contributed by atoms with Gasteiger partial charge >= 0.3 is 23.9 Å². The first kappa shape index (κ1) is 75.4. The largest absolute Gasteiger partial charge is 0.436 e. The summed E-state index contributed by atoms with van der Waals surface area (Å²) in [4.78, 5) is 49.1. The van der Waals surface area contributed by atoms with Crippen molar-refractivity contribution < 1.29 is 126 Å². The lowest BCUT2D eigenvalue weighted by molar-refractivity contribution is -0.236. The molecule has 24 atom stereocenters. The fourth-order valence-corrected chi connectivity index (χ4v) is 19.5. The molecule has 32 heteroatoms. The highest BCUT2D eigenvalue weighted by Gasteiger charge is 2.70. The van der Waals surface area contributed by atoms with Gasteiger partial charge in [0, 0.05) is 17.8 Å².